The van der Waals surface area contributed by atoms with Gasteiger partial charge >= 0.3 is 0 Å². The summed E-state index contributed by atoms with van der Waals surface area (Å²) < 4.78 is 0. The van der Waals surface area contributed by atoms with E-state index in [0.717, 1.165) is 30.6 Å². The second-order valence-corrected chi connectivity index (χ2v) is 6.02. The van der Waals surface area contributed by atoms with E-state index in [1.54, 1.807) is 6.07 Å². The quantitative estimate of drug-likeness (QED) is 0.811. The minimum atomic E-state index is 0.205. The third-order valence-electron chi connectivity index (χ3n) is 3.42. The highest BCUT2D eigenvalue weighted by Crippen LogP contribution is 2.26. The first kappa shape index (κ1) is 16.3. The van der Waals surface area contributed by atoms with Gasteiger partial charge in [-0.3, -0.25) is 4.98 Å². The van der Waals surface area contributed by atoms with Crippen molar-refractivity contribution in [2.45, 2.75) is 32.7 Å². The van der Waals surface area contributed by atoms with Crippen molar-refractivity contribution in [3.8, 4) is 0 Å². The zero-order valence-electron chi connectivity index (χ0n) is 12.4. The van der Waals surface area contributed by atoms with Crippen LogP contribution in [0.5, 0.6) is 0 Å². The average molecular weight is 323 g/mol. The van der Waals surface area contributed by atoms with Gasteiger partial charge < -0.3 is 5.32 Å². The zero-order valence-corrected chi connectivity index (χ0v) is 13.9. The lowest BCUT2D eigenvalue weighted by Gasteiger charge is -2.19. The lowest BCUT2D eigenvalue weighted by atomic mass is 9.99. The normalized spacial score (nSPS) is 12.4. The van der Waals surface area contributed by atoms with E-state index in [2.05, 4.69) is 23.3 Å². The fourth-order valence-electron chi connectivity index (χ4n) is 2.22. The molecule has 0 fully saturated rings. The second kappa shape index (κ2) is 7.79. The number of hydrogen-bond acceptors (Lipinski definition) is 2. The number of aryl methyl sites for hydroxylation is 1. The Hall–Kier alpha value is -1.09. The number of nitrogens with zero attached hydrogens (tertiary/aromatic N) is 1. The molecule has 0 saturated heterocycles. The van der Waals surface area contributed by atoms with E-state index in [1.807, 2.05) is 31.3 Å². The Labute approximate surface area is 136 Å². The molecule has 21 heavy (non-hydrogen) atoms. The standard InChI is InChI=1S/C17H20Cl2N2/c1-3-8-20-17(14-5-4-12(2)21-11-14)9-13-6-7-15(18)10-16(13)19/h4-7,10-11,17,20H,3,8-9H2,1-2H3. The lowest BCUT2D eigenvalue weighted by molar-refractivity contribution is 0.528. The van der Waals surface area contributed by atoms with Crippen molar-refractivity contribution in [2.75, 3.05) is 6.54 Å². The summed E-state index contributed by atoms with van der Waals surface area (Å²) in [6.45, 7) is 5.12. The largest absolute Gasteiger partial charge is 0.310 e. The Morgan fingerprint density at radius 1 is 1.19 bits per heavy atom. The molecule has 1 N–H and O–H groups in total. The molecule has 112 valence electrons. The Bertz CT molecular complexity index is 582. The fraction of sp³-hybridized carbons (Fsp3) is 0.353. The minimum Gasteiger partial charge on any atom is -0.310 e. The number of rotatable bonds is 6. The lowest BCUT2D eigenvalue weighted by Crippen LogP contribution is -2.24. The van der Waals surface area contributed by atoms with E-state index >= 15 is 0 Å². The van der Waals surface area contributed by atoms with Gasteiger partial charge in [-0.1, -0.05) is 42.3 Å². The monoisotopic (exact) mass is 322 g/mol. The average Bonchev–Trinajstić information content (AvgIpc) is 2.46. The maximum absolute atomic E-state index is 6.29. The molecule has 1 aromatic carbocycles. The van der Waals surface area contributed by atoms with E-state index in [1.165, 1.54) is 5.56 Å². The molecular formula is C17H20Cl2N2. The highest BCUT2D eigenvalue weighted by atomic mass is 35.5. The Kier molecular flexibility index (Phi) is 6.04. The van der Waals surface area contributed by atoms with Gasteiger partial charge in [0.2, 0.25) is 0 Å². The van der Waals surface area contributed by atoms with Crippen LogP contribution in [0.4, 0.5) is 0 Å². The van der Waals surface area contributed by atoms with Crippen molar-refractivity contribution in [3.63, 3.8) is 0 Å². The fourth-order valence-corrected chi connectivity index (χ4v) is 2.70. The van der Waals surface area contributed by atoms with E-state index in [0.29, 0.717) is 10.0 Å². The molecule has 0 bridgehead atoms. The summed E-state index contributed by atoms with van der Waals surface area (Å²) >= 11 is 12.3. The van der Waals surface area contributed by atoms with Crippen LogP contribution in [-0.2, 0) is 6.42 Å². The maximum atomic E-state index is 6.29. The second-order valence-electron chi connectivity index (χ2n) is 5.18. The van der Waals surface area contributed by atoms with E-state index in [9.17, 15) is 0 Å². The summed E-state index contributed by atoms with van der Waals surface area (Å²) in [5.74, 6) is 0. The topological polar surface area (TPSA) is 24.9 Å². The maximum Gasteiger partial charge on any atom is 0.0453 e. The van der Waals surface area contributed by atoms with Gasteiger partial charge in [0.25, 0.3) is 0 Å². The number of hydrogen-bond donors (Lipinski definition) is 1. The van der Waals surface area contributed by atoms with Crippen molar-refractivity contribution >= 4 is 23.2 Å². The highest BCUT2D eigenvalue weighted by Gasteiger charge is 2.14. The van der Waals surface area contributed by atoms with Crippen molar-refractivity contribution in [1.29, 1.82) is 0 Å². The number of aromatic nitrogens is 1. The first-order valence-electron chi connectivity index (χ1n) is 7.20. The summed E-state index contributed by atoms with van der Waals surface area (Å²) in [4.78, 5) is 4.39. The molecule has 0 amide bonds. The predicted octanol–water partition coefficient (Wildman–Crippen LogP) is 4.98. The molecule has 0 aliphatic heterocycles. The van der Waals surface area contributed by atoms with Gasteiger partial charge in [0.15, 0.2) is 0 Å². The Morgan fingerprint density at radius 2 is 2.00 bits per heavy atom. The van der Waals surface area contributed by atoms with Crippen LogP contribution in [0.1, 0.15) is 36.2 Å². The molecule has 4 heteroatoms. The number of nitrogens with one attached hydrogen (secondary N) is 1. The van der Waals surface area contributed by atoms with Gasteiger partial charge in [-0.25, -0.2) is 0 Å². The summed E-state index contributed by atoms with van der Waals surface area (Å²) in [7, 11) is 0. The molecule has 1 atom stereocenters. The van der Waals surface area contributed by atoms with Crippen molar-refractivity contribution in [2.24, 2.45) is 0 Å². The smallest absolute Gasteiger partial charge is 0.0453 e. The van der Waals surface area contributed by atoms with Crippen LogP contribution >= 0.6 is 23.2 Å². The number of halogens is 2. The third-order valence-corrected chi connectivity index (χ3v) is 4.00. The summed E-state index contributed by atoms with van der Waals surface area (Å²) in [5, 5.41) is 4.94. The minimum absolute atomic E-state index is 0.205. The Morgan fingerprint density at radius 3 is 2.62 bits per heavy atom. The summed E-state index contributed by atoms with van der Waals surface area (Å²) in [5.41, 5.74) is 3.30. The molecular weight excluding hydrogens is 303 g/mol. The van der Waals surface area contributed by atoms with Gasteiger partial charge in [0.05, 0.1) is 0 Å². The van der Waals surface area contributed by atoms with Crippen LogP contribution in [0.3, 0.4) is 0 Å². The third kappa shape index (κ3) is 4.70. The van der Waals surface area contributed by atoms with Crippen LogP contribution in [0.2, 0.25) is 10.0 Å². The first-order valence-corrected chi connectivity index (χ1v) is 7.95. The van der Waals surface area contributed by atoms with Gasteiger partial charge in [-0.05, 0) is 55.6 Å². The SMILES string of the molecule is CCCNC(Cc1ccc(Cl)cc1Cl)c1ccc(C)nc1. The van der Waals surface area contributed by atoms with Gasteiger partial charge in [0, 0.05) is 28.0 Å². The number of benzene rings is 1. The van der Waals surface area contributed by atoms with Crippen LogP contribution in [-0.4, -0.2) is 11.5 Å². The molecule has 0 aliphatic rings. The van der Waals surface area contributed by atoms with Crippen molar-refractivity contribution in [3.05, 3.63) is 63.4 Å². The van der Waals surface area contributed by atoms with Crippen molar-refractivity contribution in [1.82, 2.24) is 10.3 Å². The molecule has 1 unspecified atom stereocenters. The molecule has 0 radical (unpaired) electrons. The molecule has 2 aromatic rings. The number of pyridine rings is 1. The summed E-state index contributed by atoms with van der Waals surface area (Å²) in [6.07, 6.45) is 3.84. The molecule has 1 aromatic heterocycles. The molecule has 0 aliphatic carbocycles. The van der Waals surface area contributed by atoms with Crippen LogP contribution in [0, 0.1) is 6.92 Å². The van der Waals surface area contributed by atoms with Crippen LogP contribution < -0.4 is 5.32 Å². The molecule has 2 rings (SSSR count). The van der Waals surface area contributed by atoms with E-state index < -0.39 is 0 Å². The van der Waals surface area contributed by atoms with Crippen molar-refractivity contribution < 1.29 is 0 Å². The van der Waals surface area contributed by atoms with E-state index in [4.69, 9.17) is 23.2 Å². The zero-order chi connectivity index (χ0) is 15.2. The first-order chi connectivity index (χ1) is 10.1. The van der Waals surface area contributed by atoms with Gasteiger partial charge in [-0.15, -0.1) is 0 Å². The van der Waals surface area contributed by atoms with Crippen LogP contribution in [0.25, 0.3) is 0 Å². The predicted molar refractivity (Wildman–Crippen MR) is 90.2 cm³/mol. The summed E-state index contributed by atoms with van der Waals surface area (Å²) in [6, 6.07) is 10.0. The van der Waals surface area contributed by atoms with Crippen LogP contribution in [0.15, 0.2) is 36.5 Å². The molecule has 2 nitrogen and oxygen atoms in total. The van der Waals surface area contributed by atoms with Gasteiger partial charge in [0.1, 0.15) is 0 Å². The van der Waals surface area contributed by atoms with Gasteiger partial charge in [-0.2, -0.15) is 0 Å². The van der Waals surface area contributed by atoms with E-state index in [-0.39, 0.29) is 6.04 Å². The molecule has 1 heterocycles. The molecule has 0 saturated carbocycles. The molecule has 0 spiro atoms. The Balaban J connectivity index is 2.21. The highest BCUT2D eigenvalue weighted by molar-refractivity contribution is 6.35.